The second kappa shape index (κ2) is 8.51. The van der Waals surface area contributed by atoms with Crippen molar-refractivity contribution in [3.05, 3.63) is 0 Å². The van der Waals surface area contributed by atoms with E-state index < -0.39 is 0 Å². The van der Waals surface area contributed by atoms with Gasteiger partial charge in [0.1, 0.15) is 0 Å². The van der Waals surface area contributed by atoms with Gasteiger partial charge in [-0.25, -0.2) is 0 Å². The first-order chi connectivity index (χ1) is 8.18. The second-order valence-corrected chi connectivity index (χ2v) is 5.67. The predicted octanol–water partition coefficient (Wildman–Crippen LogP) is 2.32. The first-order valence-electron chi connectivity index (χ1n) is 7.16. The van der Waals surface area contributed by atoms with Crippen LogP contribution in [-0.2, 0) is 4.79 Å². The van der Waals surface area contributed by atoms with E-state index in [1.165, 1.54) is 38.5 Å². The molecular weight excluding hydrogens is 212 g/mol. The van der Waals surface area contributed by atoms with Crippen LogP contribution in [0.5, 0.6) is 0 Å². The Balaban J connectivity index is 1.94. The summed E-state index contributed by atoms with van der Waals surface area (Å²) in [6.07, 6.45) is 8.24. The van der Waals surface area contributed by atoms with E-state index in [4.69, 9.17) is 0 Å². The molecule has 0 unspecified atom stereocenters. The van der Waals surface area contributed by atoms with Gasteiger partial charge in [0.2, 0.25) is 5.91 Å². The van der Waals surface area contributed by atoms with Crippen LogP contribution in [0.1, 0.15) is 52.4 Å². The zero-order valence-electron chi connectivity index (χ0n) is 11.4. The molecule has 0 radical (unpaired) electrons. The lowest BCUT2D eigenvalue weighted by molar-refractivity contribution is -0.120. The van der Waals surface area contributed by atoms with Crippen molar-refractivity contribution in [3.8, 4) is 0 Å². The Morgan fingerprint density at radius 1 is 1.24 bits per heavy atom. The lowest BCUT2D eigenvalue weighted by atomic mass is 9.87. The summed E-state index contributed by atoms with van der Waals surface area (Å²) >= 11 is 0. The maximum absolute atomic E-state index is 11.4. The summed E-state index contributed by atoms with van der Waals surface area (Å²) in [5, 5.41) is 6.16. The molecule has 0 aromatic carbocycles. The number of carbonyl (C=O) groups excluding carboxylic acids is 1. The average molecular weight is 240 g/mol. The van der Waals surface area contributed by atoms with E-state index in [0.29, 0.717) is 12.5 Å². The van der Waals surface area contributed by atoms with Crippen molar-refractivity contribution in [2.75, 3.05) is 19.6 Å². The maximum atomic E-state index is 11.4. The largest absolute Gasteiger partial charge is 0.355 e. The molecule has 3 nitrogen and oxygen atoms in total. The molecule has 1 rings (SSSR count). The number of carbonyl (C=O) groups is 1. The lowest BCUT2D eigenvalue weighted by Gasteiger charge is -2.21. The standard InChI is InChI=1S/C14H28N2O/c1-12(2)10-16-14(17)11-15-9-8-13-6-4-3-5-7-13/h12-13,15H,3-11H2,1-2H3,(H,16,17). The molecule has 0 saturated heterocycles. The van der Waals surface area contributed by atoms with E-state index >= 15 is 0 Å². The molecule has 0 bridgehead atoms. The molecule has 0 heterocycles. The Bertz CT molecular complexity index is 210. The molecule has 100 valence electrons. The van der Waals surface area contributed by atoms with E-state index in [2.05, 4.69) is 24.5 Å². The summed E-state index contributed by atoms with van der Waals surface area (Å²) in [6, 6.07) is 0. The van der Waals surface area contributed by atoms with Gasteiger partial charge >= 0.3 is 0 Å². The van der Waals surface area contributed by atoms with Gasteiger partial charge in [-0.2, -0.15) is 0 Å². The van der Waals surface area contributed by atoms with Gasteiger partial charge in [-0.3, -0.25) is 4.79 Å². The number of hydrogen-bond acceptors (Lipinski definition) is 2. The zero-order valence-corrected chi connectivity index (χ0v) is 11.4. The number of nitrogens with one attached hydrogen (secondary N) is 2. The molecule has 1 amide bonds. The van der Waals surface area contributed by atoms with Crippen LogP contribution < -0.4 is 10.6 Å². The van der Waals surface area contributed by atoms with E-state index in [1.54, 1.807) is 0 Å². The average Bonchev–Trinajstić information content (AvgIpc) is 2.33. The van der Waals surface area contributed by atoms with Crippen molar-refractivity contribution < 1.29 is 4.79 Å². The summed E-state index contributed by atoms with van der Waals surface area (Å²) in [4.78, 5) is 11.4. The molecule has 1 saturated carbocycles. The SMILES string of the molecule is CC(C)CNC(=O)CNCCC1CCCCC1. The fourth-order valence-corrected chi connectivity index (χ4v) is 2.36. The van der Waals surface area contributed by atoms with Gasteiger partial charge in [0.25, 0.3) is 0 Å². The number of rotatable bonds is 7. The first-order valence-corrected chi connectivity index (χ1v) is 7.16. The van der Waals surface area contributed by atoms with Gasteiger partial charge in [0.15, 0.2) is 0 Å². The van der Waals surface area contributed by atoms with Crippen LogP contribution in [0.4, 0.5) is 0 Å². The molecule has 0 aliphatic heterocycles. The molecule has 3 heteroatoms. The van der Waals surface area contributed by atoms with Crippen molar-refractivity contribution in [2.24, 2.45) is 11.8 Å². The van der Waals surface area contributed by atoms with Gasteiger partial charge in [-0.15, -0.1) is 0 Å². The van der Waals surface area contributed by atoms with Crippen LogP contribution >= 0.6 is 0 Å². The Morgan fingerprint density at radius 3 is 2.59 bits per heavy atom. The minimum absolute atomic E-state index is 0.127. The number of hydrogen-bond donors (Lipinski definition) is 2. The smallest absolute Gasteiger partial charge is 0.233 e. The van der Waals surface area contributed by atoms with Gasteiger partial charge in [0.05, 0.1) is 6.54 Å². The number of amides is 1. The van der Waals surface area contributed by atoms with Gasteiger partial charge in [-0.05, 0) is 24.8 Å². The maximum Gasteiger partial charge on any atom is 0.233 e. The van der Waals surface area contributed by atoms with Gasteiger partial charge in [0, 0.05) is 6.54 Å². The lowest BCUT2D eigenvalue weighted by Crippen LogP contribution is -2.36. The fraction of sp³-hybridized carbons (Fsp3) is 0.929. The van der Waals surface area contributed by atoms with Crippen LogP contribution in [0.2, 0.25) is 0 Å². The van der Waals surface area contributed by atoms with Crippen LogP contribution in [0.3, 0.4) is 0 Å². The van der Waals surface area contributed by atoms with Crippen molar-refractivity contribution in [1.29, 1.82) is 0 Å². The topological polar surface area (TPSA) is 41.1 Å². The Labute approximate surface area is 106 Å². The fourth-order valence-electron chi connectivity index (χ4n) is 2.36. The minimum Gasteiger partial charge on any atom is -0.355 e. The van der Waals surface area contributed by atoms with Crippen molar-refractivity contribution in [3.63, 3.8) is 0 Å². The highest BCUT2D eigenvalue weighted by Gasteiger charge is 2.12. The third-order valence-electron chi connectivity index (χ3n) is 3.45. The monoisotopic (exact) mass is 240 g/mol. The summed E-state index contributed by atoms with van der Waals surface area (Å²) in [7, 11) is 0. The highest BCUT2D eigenvalue weighted by atomic mass is 16.1. The molecule has 0 aromatic heterocycles. The Kier molecular flexibility index (Phi) is 7.25. The van der Waals surface area contributed by atoms with Crippen molar-refractivity contribution in [1.82, 2.24) is 10.6 Å². The van der Waals surface area contributed by atoms with E-state index in [-0.39, 0.29) is 5.91 Å². The molecule has 1 aliphatic carbocycles. The van der Waals surface area contributed by atoms with Crippen LogP contribution in [0.15, 0.2) is 0 Å². The van der Waals surface area contributed by atoms with Gasteiger partial charge in [-0.1, -0.05) is 46.0 Å². The molecule has 0 atom stereocenters. The molecule has 1 aliphatic rings. The van der Waals surface area contributed by atoms with E-state index in [1.807, 2.05) is 0 Å². The molecular formula is C14H28N2O. The third-order valence-corrected chi connectivity index (χ3v) is 3.45. The highest BCUT2D eigenvalue weighted by molar-refractivity contribution is 5.77. The Morgan fingerprint density at radius 2 is 1.94 bits per heavy atom. The van der Waals surface area contributed by atoms with Crippen LogP contribution in [-0.4, -0.2) is 25.5 Å². The molecule has 0 spiro atoms. The Hall–Kier alpha value is -0.570. The summed E-state index contributed by atoms with van der Waals surface area (Å²) in [6.45, 7) is 6.45. The third kappa shape index (κ3) is 7.37. The van der Waals surface area contributed by atoms with Gasteiger partial charge < -0.3 is 10.6 Å². The molecule has 0 aromatic rings. The van der Waals surface area contributed by atoms with Crippen LogP contribution in [0.25, 0.3) is 0 Å². The summed E-state index contributed by atoms with van der Waals surface area (Å²) < 4.78 is 0. The molecule has 2 N–H and O–H groups in total. The molecule has 1 fully saturated rings. The highest BCUT2D eigenvalue weighted by Crippen LogP contribution is 2.25. The quantitative estimate of drug-likeness (QED) is 0.671. The van der Waals surface area contributed by atoms with Crippen LogP contribution in [0, 0.1) is 11.8 Å². The molecule has 17 heavy (non-hydrogen) atoms. The van der Waals surface area contributed by atoms with Crippen molar-refractivity contribution >= 4 is 5.91 Å². The normalized spacial score (nSPS) is 17.4. The summed E-state index contributed by atoms with van der Waals surface area (Å²) in [5.74, 6) is 1.55. The minimum atomic E-state index is 0.127. The van der Waals surface area contributed by atoms with E-state index in [9.17, 15) is 4.79 Å². The summed E-state index contributed by atoms with van der Waals surface area (Å²) in [5.41, 5.74) is 0. The van der Waals surface area contributed by atoms with Crippen molar-refractivity contribution in [2.45, 2.75) is 52.4 Å². The predicted molar refractivity (Wildman–Crippen MR) is 71.9 cm³/mol. The van der Waals surface area contributed by atoms with E-state index in [0.717, 1.165) is 19.0 Å². The first kappa shape index (κ1) is 14.5. The second-order valence-electron chi connectivity index (χ2n) is 5.67. The zero-order chi connectivity index (χ0) is 12.5.